The van der Waals surface area contributed by atoms with Gasteiger partial charge < -0.3 is 16.2 Å². The van der Waals surface area contributed by atoms with E-state index in [1.54, 1.807) is 0 Å². The van der Waals surface area contributed by atoms with Crippen molar-refractivity contribution < 1.29 is 9.90 Å². The maximum Gasteiger partial charge on any atom is 0.220 e. The molecule has 1 aliphatic carbocycles. The number of unbranched alkanes of at least 4 members (excludes halogenated alkanes) is 3. The smallest absolute Gasteiger partial charge is 0.220 e. The number of nitrogens with one attached hydrogen (secondary N) is 1. The summed E-state index contributed by atoms with van der Waals surface area (Å²) in [5.74, 6) is 0.498. The van der Waals surface area contributed by atoms with Crippen molar-refractivity contribution in [1.29, 1.82) is 0 Å². The Morgan fingerprint density at radius 1 is 1.31 bits per heavy atom. The standard InChI is InChI=1S/C12H24N2O2/c13-8-4-2-1-3-5-12(16)14-9-11(15)10-6-7-10/h10-11,15H,1-9,13H2,(H,14,16). The van der Waals surface area contributed by atoms with Crippen molar-refractivity contribution in [1.82, 2.24) is 5.32 Å². The van der Waals surface area contributed by atoms with Gasteiger partial charge in [0.05, 0.1) is 6.10 Å². The Balaban J connectivity index is 1.89. The number of hydrogen-bond donors (Lipinski definition) is 3. The molecule has 4 heteroatoms. The van der Waals surface area contributed by atoms with E-state index in [9.17, 15) is 9.90 Å². The van der Waals surface area contributed by atoms with E-state index < -0.39 is 0 Å². The molecule has 1 saturated carbocycles. The van der Waals surface area contributed by atoms with E-state index in [0.717, 1.165) is 45.1 Å². The zero-order chi connectivity index (χ0) is 11.8. The lowest BCUT2D eigenvalue weighted by Crippen LogP contribution is -2.32. The van der Waals surface area contributed by atoms with E-state index in [2.05, 4.69) is 5.32 Å². The third kappa shape index (κ3) is 6.08. The average Bonchev–Trinajstić information content (AvgIpc) is 3.09. The second-order valence-corrected chi connectivity index (χ2v) is 4.66. The Bertz CT molecular complexity index is 205. The summed E-state index contributed by atoms with van der Waals surface area (Å²) in [6.45, 7) is 1.16. The van der Waals surface area contributed by atoms with Gasteiger partial charge in [-0.3, -0.25) is 4.79 Å². The number of rotatable bonds is 9. The highest BCUT2D eigenvalue weighted by atomic mass is 16.3. The molecule has 0 heterocycles. The number of carbonyl (C=O) groups excluding carboxylic acids is 1. The minimum absolute atomic E-state index is 0.0625. The van der Waals surface area contributed by atoms with Crippen LogP contribution in [0, 0.1) is 5.92 Å². The molecule has 1 atom stereocenters. The first-order chi connectivity index (χ1) is 7.74. The van der Waals surface area contributed by atoms with Crippen LogP contribution in [0.5, 0.6) is 0 Å². The molecule has 0 spiro atoms. The van der Waals surface area contributed by atoms with Gasteiger partial charge in [-0.25, -0.2) is 0 Å². The van der Waals surface area contributed by atoms with Crippen molar-refractivity contribution in [3.05, 3.63) is 0 Å². The lowest BCUT2D eigenvalue weighted by atomic mass is 10.1. The van der Waals surface area contributed by atoms with Crippen molar-refractivity contribution >= 4 is 5.91 Å². The summed E-state index contributed by atoms with van der Waals surface area (Å²) < 4.78 is 0. The lowest BCUT2D eigenvalue weighted by molar-refractivity contribution is -0.121. The highest BCUT2D eigenvalue weighted by Crippen LogP contribution is 2.32. The normalized spacial score (nSPS) is 17.1. The molecule has 4 N–H and O–H groups in total. The zero-order valence-corrected chi connectivity index (χ0v) is 9.95. The molecule has 0 aromatic rings. The Morgan fingerprint density at radius 3 is 2.62 bits per heavy atom. The van der Waals surface area contributed by atoms with Crippen LogP contribution < -0.4 is 11.1 Å². The van der Waals surface area contributed by atoms with Gasteiger partial charge in [-0.15, -0.1) is 0 Å². The topological polar surface area (TPSA) is 75.4 Å². The molecule has 1 unspecified atom stereocenters. The van der Waals surface area contributed by atoms with Crippen LogP contribution in [0.15, 0.2) is 0 Å². The maximum absolute atomic E-state index is 11.4. The highest BCUT2D eigenvalue weighted by molar-refractivity contribution is 5.75. The van der Waals surface area contributed by atoms with Crippen molar-refractivity contribution in [2.45, 2.75) is 51.0 Å². The Hall–Kier alpha value is -0.610. The first-order valence-electron chi connectivity index (χ1n) is 6.39. The predicted octanol–water partition coefficient (Wildman–Crippen LogP) is 0.783. The Labute approximate surface area is 97.6 Å². The van der Waals surface area contributed by atoms with Crippen LogP contribution in [-0.4, -0.2) is 30.2 Å². The fraction of sp³-hybridized carbons (Fsp3) is 0.917. The van der Waals surface area contributed by atoms with E-state index in [1.165, 1.54) is 0 Å². The van der Waals surface area contributed by atoms with Gasteiger partial charge in [-0.05, 0) is 38.1 Å². The fourth-order valence-electron chi connectivity index (χ4n) is 1.74. The molecule has 94 valence electrons. The number of amides is 1. The molecular weight excluding hydrogens is 204 g/mol. The summed E-state index contributed by atoms with van der Waals surface area (Å²) in [5.41, 5.74) is 5.38. The van der Waals surface area contributed by atoms with Crippen LogP contribution in [0.1, 0.15) is 44.9 Å². The van der Waals surface area contributed by atoms with Gasteiger partial charge in [0.2, 0.25) is 5.91 Å². The van der Waals surface area contributed by atoms with Gasteiger partial charge in [-0.2, -0.15) is 0 Å². The molecule has 1 fully saturated rings. The minimum atomic E-state index is -0.332. The maximum atomic E-state index is 11.4. The van der Waals surface area contributed by atoms with Gasteiger partial charge in [0, 0.05) is 13.0 Å². The largest absolute Gasteiger partial charge is 0.391 e. The summed E-state index contributed by atoms with van der Waals surface area (Å²) in [4.78, 5) is 11.4. The Morgan fingerprint density at radius 2 is 2.00 bits per heavy atom. The molecule has 0 radical (unpaired) electrons. The average molecular weight is 228 g/mol. The number of aliphatic hydroxyl groups is 1. The van der Waals surface area contributed by atoms with Crippen LogP contribution in [0.4, 0.5) is 0 Å². The molecule has 0 saturated heterocycles. The van der Waals surface area contributed by atoms with Gasteiger partial charge >= 0.3 is 0 Å². The Kier molecular flexibility index (Phi) is 6.42. The molecule has 1 aliphatic rings. The molecule has 4 nitrogen and oxygen atoms in total. The number of hydrogen-bond acceptors (Lipinski definition) is 3. The first-order valence-corrected chi connectivity index (χ1v) is 6.39. The second kappa shape index (κ2) is 7.63. The van der Waals surface area contributed by atoms with E-state index in [0.29, 0.717) is 18.9 Å². The van der Waals surface area contributed by atoms with Crippen molar-refractivity contribution in [2.75, 3.05) is 13.1 Å². The van der Waals surface area contributed by atoms with Crippen LogP contribution in [0.3, 0.4) is 0 Å². The molecule has 0 bridgehead atoms. The molecule has 0 aliphatic heterocycles. The molecular formula is C12H24N2O2. The third-order valence-electron chi connectivity index (χ3n) is 3.03. The second-order valence-electron chi connectivity index (χ2n) is 4.66. The zero-order valence-electron chi connectivity index (χ0n) is 9.95. The molecule has 1 amide bonds. The van der Waals surface area contributed by atoms with Crippen LogP contribution in [-0.2, 0) is 4.79 Å². The molecule has 0 aromatic heterocycles. The molecule has 16 heavy (non-hydrogen) atoms. The van der Waals surface area contributed by atoms with Crippen LogP contribution >= 0.6 is 0 Å². The fourth-order valence-corrected chi connectivity index (χ4v) is 1.74. The van der Waals surface area contributed by atoms with Gasteiger partial charge in [0.1, 0.15) is 0 Å². The monoisotopic (exact) mass is 228 g/mol. The van der Waals surface area contributed by atoms with Crippen LogP contribution in [0.25, 0.3) is 0 Å². The summed E-state index contributed by atoms with van der Waals surface area (Å²) in [5, 5.41) is 12.3. The number of nitrogens with two attached hydrogens (primary N) is 1. The summed E-state index contributed by atoms with van der Waals surface area (Å²) >= 11 is 0. The summed E-state index contributed by atoms with van der Waals surface area (Å²) in [6.07, 6.45) is 6.59. The van der Waals surface area contributed by atoms with Crippen molar-refractivity contribution in [3.8, 4) is 0 Å². The van der Waals surface area contributed by atoms with E-state index in [-0.39, 0.29) is 12.0 Å². The quantitative estimate of drug-likeness (QED) is 0.511. The van der Waals surface area contributed by atoms with Crippen molar-refractivity contribution in [2.24, 2.45) is 11.7 Å². The lowest BCUT2D eigenvalue weighted by Gasteiger charge is -2.10. The molecule has 1 rings (SSSR count). The van der Waals surface area contributed by atoms with Gasteiger partial charge in [-0.1, -0.05) is 12.8 Å². The predicted molar refractivity (Wildman–Crippen MR) is 63.9 cm³/mol. The summed E-state index contributed by atoms with van der Waals surface area (Å²) in [7, 11) is 0. The highest BCUT2D eigenvalue weighted by Gasteiger charge is 2.29. The van der Waals surface area contributed by atoms with E-state index in [4.69, 9.17) is 5.73 Å². The van der Waals surface area contributed by atoms with E-state index in [1.807, 2.05) is 0 Å². The third-order valence-corrected chi connectivity index (χ3v) is 3.03. The number of carbonyl (C=O) groups is 1. The first kappa shape index (κ1) is 13.5. The summed E-state index contributed by atoms with van der Waals surface area (Å²) in [6, 6.07) is 0. The number of aliphatic hydroxyl groups excluding tert-OH is 1. The van der Waals surface area contributed by atoms with E-state index >= 15 is 0 Å². The minimum Gasteiger partial charge on any atom is -0.391 e. The SMILES string of the molecule is NCCCCCCC(=O)NCC(O)C1CC1. The van der Waals surface area contributed by atoms with Gasteiger partial charge in [0.15, 0.2) is 0 Å². The van der Waals surface area contributed by atoms with Crippen LogP contribution in [0.2, 0.25) is 0 Å². The van der Waals surface area contributed by atoms with Gasteiger partial charge in [0.25, 0.3) is 0 Å². The molecule has 0 aromatic carbocycles. The van der Waals surface area contributed by atoms with Crippen molar-refractivity contribution in [3.63, 3.8) is 0 Å².